The van der Waals surface area contributed by atoms with E-state index in [9.17, 15) is 4.79 Å². The van der Waals surface area contributed by atoms with E-state index in [1.807, 2.05) is 56.3 Å². The summed E-state index contributed by atoms with van der Waals surface area (Å²) in [4.78, 5) is 18.9. The van der Waals surface area contributed by atoms with Crippen LogP contribution < -0.4 is 0 Å². The topological polar surface area (TPSA) is 62.1 Å². The Morgan fingerprint density at radius 3 is 2.60 bits per heavy atom. The van der Waals surface area contributed by atoms with E-state index < -0.39 is 5.97 Å². The molecule has 1 heterocycles. The summed E-state index contributed by atoms with van der Waals surface area (Å²) in [7, 11) is 0. The Morgan fingerprint density at radius 2 is 1.90 bits per heavy atom. The summed E-state index contributed by atoms with van der Waals surface area (Å²) < 4.78 is 0. The van der Waals surface area contributed by atoms with Gasteiger partial charge in [-0.25, -0.2) is 4.79 Å². The van der Waals surface area contributed by atoms with Gasteiger partial charge in [0.1, 0.15) is 12.3 Å². The van der Waals surface area contributed by atoms with E-state index in [2.05, 4.69) is 10.1 Å². The van der Waals surface area contributed by atoms with E-state index in [0.29, 0.717) is 30.3 Å². The molecule has 0 fully saturated rings. The molecule has 0 bridgehead atoms. The van der Waals surface area contributed by atoms with Crippen molar-refractivity contribution >= 4 is 35.7 Å². The van der Waals surface area contributed by atoms with Gasteiger partial charge in [0.2, 0.25) is 0 Å². The highest BCUT2D eigenvalue weighted by molar-refractivity contribution is 6.31. The Bertz CT molecular complexity index is 957. The second-order valence-electron chi connectivity index (χ2n) is 7.15. The first kappa shape index (κ1) is 23.9. The molecule has 0 aliphatic carbocycles. The van der Waals surface area contributed by atoms with Gasteiger partial charge in [-0.05, 0) is 43.5 Å². The van der Waals surface area contributed by atoms with Crippen LogP contribution in [0.15, 0.2) is 59.3 Å². The van der Waals surface area contributed by atoms with Crippen LogP contribution in [-0.4, -0.2) is 47.9 Å². The lowest BCUT2D eigenvalue weighted by molar-refractivity contribution is -0.133. The lowest BCUT2D eigenvalue weighted by Gasteiger charge is -2.25. The minimum absolute atomic E-state index is 0. The van der Waals surface area contributed by atoms with Crippen LogP contribution in [0.25, 0.3) is 0 Å². The van der Waals surface area contributed by atoms with Crippen molar-refractivity contribution in [2.24, 2.45) is 5.16 Å². The molecule has 0 atom stereocenters. The molecule has 3 rings (SSSR count). The fraction of sp³-hybridized carbons (Fsp3) is 0.304. The molecule has 7 heteroatoms. The molecule has 0 radical (unpaired) electrons. The number of oxime groups is 1. The van der Waals surface area contributed by atoms with Crippen LogP contribution in [0.4, 0.5) is 0 Å². The highest BCUT2D eigenvalue weighted by atomic mass is 35.5. The molecule has 30 heavy (non-hydrogen) atoms. The minimum atomic E-state index is -0.853. The lowest BCUT2D eigenvalue weighted by Crippen LogP contribution is -2.34. The number of aryl methyl sites for hydroxylation is 2. The highest BCUT2D eigenvalue weighted by Crippen LogP contribution is 2.21. The van der Waals surface area contributed by atoms with Crippen molar-refractivity contribution in [3.8, 4) is 0 Å². The molecule has 1 N–H and O–H groups in total. The Labute approximate surface area is 188 Å². The van der Waals surface area contributed by atoms with Crippen LogP contribution in [0.3, 0.4) is 0 Å². The SMILES string of the molecule is Cc1ccccc1/C(=N/OCCN1CCC=C(C(=O)O)C1)c1ccc(Cl)cc1C.Cl. The van der Waals surface area contributed by atoms with Gasteiger partial charge in [0.15, 0.2) is 0 Å². The molecular weight excluding hydrogens is 423 g/mol. The van der Waals surface area contributed by atoms with Gasteiger partial charge in [0.05, 0.1) is 0 Å². The van der Waals surface area contributed by atoms with E-state index in [-0.39, 0.29) is 12.4 Å². The van der Waals surface area contributed by atoms with Gasteiger partial charge in [0.25, 0.3) is 0 Å². The molecule has 2 aromatic rings. The van der Waals surface area contributed by atoms with Crippen molar-refractivity contribution in [2.45, 2.75) is 20.3 Å². The number of rotatable bonds is 7. The van der Waals surface area contributed by atoms with Crippen LogP contribution in [0.1, 0.15) is 28.7 Å². The fourth-order valence-electron chi connectivity index (χ4n) is 3.41. The zero-order chi connectivity index (χ0) is 20.8. The Kier molecular flexibility index (Phi) is 8.90. The first-order chi connectivity index (χ1) is 14.0. The normalized spacial score (nSPS) is 14.6. The number of halogens is 2. The molecule has 0 aromatic heterocycles. The third-order valence-electron chi connectivity index (χ3n) is 5.00. The van der Waals surface area contributed by atoms with Gasteiger partial charge in [-0.2, -0.15) is 0 Å². The van der Waals surface area contributed by atoms with E-state index >= 15 is 0 Å². The monoisotopic (exact) mass is 448 g/mol. The van der Waals surface area contributed by atoms with Crippen molar-refractivity contribution in [3.05, 3.63) is 81.4 Å². The summed E-state index contributed by atoms with van der Waals surface area (Å²) in [6.07, 6.45) is 2.53. The van der Waals surface area contributed by atoms with Crippen molar-refractivity contribution in [3.63, 3.8) is 0 Å². The summed E-state index contributed by atoms with van der Waals surface area (Å²) in [6.45, 7) is 6.31. The number of carbonyl (C=O) groups is 1. The summed E-state index contributed by atoms with van der Waals surface area (Å²) in [6, 6.07) is 13.8. The van der Waals surface area contributed by atoms with Crippen LogP contribution in [-0.2, 0) is 9.63 Å². The highest BCUT2D eigenvalue weighted by Gasteiger charge is 2.17. The first-order valence-electron chi connectivity index (χ1n) is 9.63. The van der Waals surface area contributed by atoms with E-state index in [1.165, 1.54) is 0 Å². The van der Waals surface area contributed by atoms with Crippen LogP contribution in [0.5, 0.6) is 0 Å². The maximum absolute atomic E-state index is 11.2. The number of carboxylic acid groups (broad SMARTS) is 1. The molecule has 0 unspecified atom stereocenters. The van der Waals surface area contributed by atoms with Crippen molar-refractivity contribution in [1.82, 2.24) is 4.90 Å². The predicted octanol–water partition coefficient (Wildman–Crippen LogP) is 4.86. The maximum Gasteiger partial charge on any atom is 0.332 e. The standard InChI is InChI=1S/C23H25ClN2O3.ClH/c1-16-6-3-4-8-20(16)22(21-10-9-19(24)14-17(21)2)25-29-13-12-26-11-5-7-18(15-26)23(27)28;/h3-4,6-10,14H,5,11-13,15H2,1-2H3,(H,27,28);1H/b25-22-;. The second kappa shape index (κ2) is 11.2. The number of aliphatic carboxylic acids is 1. The summed E-state index contributed by atoms with van der Waals surface area (Å²) in [5.41, 5.74) is 5.32. The summed E-state index contributed by atoms with van der Waals surface area (Å²) >= 11 is 6.12. The number of benzene rings is 2. The number of hydrogen-bond acceptors (Lipinski definition) is 4. The molecule has 0 saturated heterocycles. The fourth-order valence-corrected chi connectivity index (χ4v) is 3.63. The zero-order valence-corrected chi connectivity index (χ0v) is 18.7. The molecule has 160 valence electrons. The lowest BCUT2D eigenvalue weighted by atomic mass is 9.95. The maximum atomic E-state index is 11.2. The van der Waals surface area contributed by atoms with Gasteiger partial charge in [-0.15, -0.1) is 12.4 Å². The van der Waals surface area contributed by atoms with Crippen molar-refractivity contribution in [2.75, 3.05) is 26.2 Å². The Hall–Kier alpha value is -2.34. The van der Waals surface area contributed by atoms with Crippen molar-refractivity contribution < 1.29 is 14.7 Å². The van der Waals surface area contributed by atoms with Crippen LogP contribution in [0.2, 0.25) is 5.02 Å². The molecule has 2 aromatic carbocycles. The Balaban J connectivity index is 0.00000320. The molecular formula is C23H26Cl2N2O3. The van der Waals surface area contributed by atoms with Gasteiger partial charge < -0.3 is 9.94 Å². The molecule has 0 saturated carbocycles. The summed E-state index contributed by atoms with van der Waals surface area (Å²) in [5.74, 6) is -0.853. The smallest absolute Gasteiger partial charge is 0.332 e. The number of hydrogen-bond donors (Lipinski definition) is 1. The van der Waals surface area contributed by atoms with Gasteiger partial charge >= 0.3 is 5.97 Å². The average molecular weight is 449 g/mol. The molecule has 0 spiro atoms. The van der Waals surface area contributed by atoms with Gasteiger partial charge in [-0.1, -0.05) is 53.2 Å². The zero-order valence-electron chi connectivity index (χ0n) is 17.1. The van der Waals surface area contributed by atoms with E-state index in [4.69, 9.17) is 21.5 Å². The average Bonchev–Trinajstić information content (AvgIpc) is 2.70. The van der Waals surface area contributed by atoms with Gasteiger partial charge in [-0.3, -0.25) is 4.90 Å². The third-order valence-corrected chi connectivity index (χ3v) is 5.24. The number of nitrogens with zero attached hydrogens (tertiary/aromatic N) is 2. The molecule has 1 aliphatic heterocycles. The molecule has 0 amide bonds. The predicted molar refractivity (Wildman–Crippen MR) is 123 cm³/mol. The van der Waals surface area contributed by atoms with E-state index in [0.717, 1.165) is 40.9 Å². The van der Waals surface area contributed by atoms with Gasteiger partial charge in [0, 0.05) is 41.4 Å². The molecule has 1 aliphatic rings. The van der Waals surface area contributed by atoms with Crippen LogP contribution in [0, 0.1) is 13.8 Å². The van der Waals surface area contributed by atoms with E-state index in [1.54, 1.807) is 6.08 Å². The largest absolute Gasteiger partial charge is 0.478 e. The van der Waals surface area contributed by atoms with Crippen LogP contribution >= 0.6 is 24.0 Å². The first-order valence-corrected chi connectivity index (χ1v) is 10.0. The minimum Gasteiger partial charge on any atom is -0.478 e. The summed E-state index contributed by atoms with van der Waals surface area (Å²) in [5, 5.41) is 14.3. The second-order valence-corrected chi connectivity index (χ2v) is 7.58. The third kappa shape index (κ3) is 6.08. The molecule has 5 nitrogen and oxygen atoms in total. The van der Waals surface area contributed by atoms with Crippen molar-refractivity contribution in [1.29, 1.82) is 0 Å². The number of carboxylic acids is 1. The quantitative estimate of drug-likeness (QED) is 0.373. The Morgan fingerprint density at radius 1 is 1.17 bits per heavy atom.